The first-order valence-electron chi connectivity index (χ1n) is 6.54. The zero-order valence-electron chi connectivity index (χ0n) is 12.0. The van der Waals surface area contributed by atoms with Crippen molar-refractivity contribution in [3.63, 3.8) is 0 Å². The van der Waals surface area contributed by atoms with Gasteiger partial charge >= 0.3 is 5.97 Å². The molecule has 0 aromatic heterocycles. The van der Waals surface area contributed by atoms with Gasteiger partial charge in [-0.3, -0.25) is 0 Å². The lowest BCUT2D eigenvalue weighted by Crippen LogP contribution is -2.06. The Kier molecular flexibility index (Phi) is 5.14. The average Bonchev–Trinajstić information content (AvgIpc) is 2.52. The van der Waals surface area contributed by atoms with Gasteiger partial charge in [0.25, 0.3) is 0 Å². The first-order chi connectivity index (χ1) is 10.6. The third-order valence-corrected chi connectivity index (χ3v) is 2.98. The zero-order valence-corrected chi connectivity index (χ0v) is 12.0. The van der Waals surface area contributed by atoms with Crippen molar-refractivity contribution in [2.24, 2.45) is 0 Å². The number of carboxylic acids is 1. The molecule has 0 unspecified atom stereocenters. The van der Waals surface area contributed by atoms with E-state index in [1.54, 1.807) is 24.3 Å². The molecule has 0 spiro atoms. The van der Waals surface area contributed by atoms with Crippen LogP contribution in [0.3, 0.4) is 0 Å². The van der Waals surface area contributed by atoms with E-state index < -0.39 is 5.97 Å². The summed E-state index contributed by atoms with van der Waals surface area (Å²) in [6.07, 6.45) is 1.18. The number of rotatable bonds is 6. The molecule has 2 rings (SSSR count). The largest absolute Gasteiger partial charge is 0.503 e. The van der Waals surface area contributed by atoms with Crippen molar-refractivity contribution in [2.45, 2.75) is 6.61 Å². The Morgan fingerprint density at radius 2 is 1.86 bits per heavy atom. The molecule has 22 heavy (non-hydrogen) atoms. The molecule has 0 aliphatic heterocycles. The number of carboxylic acid groups (broad SMARTS) is 1. The van der Waals surface area contributed by atoms with Crippen LogP contribution in [0.15, 0.2) is 54.8 Å². The first-order valence-corrected chi connectivity index (χ1v) is 6.54. The molecular formula is C17H15FO4. The van der Waals surface area contributed by atoms with Crippen LogP contribution in [-0.4, -0.2) is 18.2 Å². The van der Waals surface area contributed by atoms with Crippen LogP contribution in [0, 0.1) is 5.82 Å². The molecule has 0 aliphatic carbocycles. The highest BCUT2D eigenvalue weighted by Crippen LogP contribution is 2.22. The summed E-state index contributed by atoms with van der Waals surface area (Å²) in [5, 5.41) is 9.27. The topological polar surface area (TPSA) is 55.8 Å². The van der Waals surface area contributed by atoms with Gasteiger partial charge in [-0.2, -0.15) is 0 Å². The molecule has 2 aromatic rings. The highest BCUT2D eigenvalue weighted by atomic mass is 19.1. The molecule has 114 valence electrons. The minimum atomic E-state index is -1.09. The molecule has 0 radical (unpaired) electrons. The highest BCUT2D eigenvalue weighted by molar-refractivity contribution is 6.15. The minimum absolute atomic E-state index is 0.0424. The van der Waals surface area contributed by atoms with Gasteiger partial charge in [0.1, 0.15) is 23.7 Å². The maximum atomic E-state index is 12.9. The summed E-state index contributed by atoms with van der Waals surface area (Å²) < 4.78 is 23.2. The molecule has 0 saturated carbocycles. The normalized spacial score (nSPS) is 11.1. The number of hydrogen-bond acceptors (Lipinski definition) is 3. The van der Waals surface area contributed by atoms with E-state index in [0.29, 0.717) is 16.9 Å². The Labute approximate surface area is 127 Å². The highest BCUT2D eigenvalue weighted by Gasteiger charge is 2.15. The second kappa shape index (κ2) is 7.26. The predicted molar refractivity (Wildman–Crippen MR) is 79.8 cm³/mol. The molecule has 0 bridgehead atoms. The maximum Gasteiger partial charge on any atom is 0.339 e. The molecule has 0 atom stereocenters. The lowest BCUT2D eigenvalue weighted by molar-refractivity contribution is -0.130. The fourth-order valence-corrected chi connectivity index (χ4v) is 1.95. The van der Waals surface area contributed by atoms with E-state index in [2.05, 4.69) is 0 Å². The van der Waals surface area contributed by atoms with Crippen LogP contribution in [0.1, 0.15) is 11.1 Å². The number of methoxy groups -OCH3 is 1. The van der Waals surface area contributed by atoms with Crippen molar-refractivity contribution in [3.8, 4) is 5.75 Å². The van der Waals surface area contributed by atoms with Crippen LogP contribution >= 0.6 is 0 Å². The number of hydrogen-bond donors (Lipinski definition) is 1. The Balaban J connectivity index is 2.23. The fraction of sp³-hybridized carbons (Fsp3) is 0.118. The SMILES string of the molecule is COC=C(C(=O)O)c1ccccc1COc1ccc(F)cc1. The Bertz CT molecular complexity index is 677. The van der Waals surface area contributed by atoms with Crippen molar-refractivity contribution in [2.75, 3.05) is 7.11 Å². The minimum Gasteiger partial charge on any atom is -0.503 e. The molecule has 0 amide bonds. The fourth-order valence-electron chi connectivity index (χ4n) is 1.95. The van der Waals surface area contributed by atoms with E-state index in [4.69, 9.17) is 9.47 Å². The van der Waals surface area contributed by atoms with Gasteiger partial charge in [-0.1, -0.05) is 24.3 Å². The Morgan fingerprint density at radius 3 is 2.50 bits per heavy atom. The van der Waals surface area contributed by atoms with E-state index >= 15 is 0 Å². The quantitative estimate of drug-likeness (QED) is 0.655. The molecule has 5 heteroatoms. The van der Waals surface area contributed by atoms with Gasteiger partial charge < -0.3 is 14.6 Å². The number of carbonyl (C=O) groups is 1. The molecule has 0 aliphatic rings. The van der Waals surface area contributed by atoms with E-state index in [1.165, 1.54) is 37.6 Å². The number of halogens is 1. The maximum absolute atomic E-state index is 12.9. The Morgan fingerprint density at radius 1 is 1.18 bits per heavy atom. The zero-order chi connectivity index (χ0) is 15.9. The van der Waals surface area contributed by atoms with E-state index in [-0.39, 0.29) is 18.0 Å². The molecule has 1 N–H and O–H groups in total. The third kappa shape index (κ3) is 3.85. The summed E-state index contributed by atoms with van der Waals surface area (Å²) >= 11 is 0. The van der Waals surface area contributed by atoms with Gasteiger partial charge in [0.15, 0.2) is 0 Å². The smallest absolute Gasteiger partial charge is 0.339 e. The van der Waals surface area contributed by atoms with Gasteiger partial charge in [-0.25, -0.2) is 9.18 Å². The van der Waals surface area contributed by atoms with Gasteiger partial charge in [0.2, 0.25) is 0 Å². The second-order valence-corrected chi connectivity index (χ2v) is 4.47. The van der Waals surface area contributed by atoms with Crippen LogP contribution in [0.2, 0.25) is 0 Å². The summed E-state index contributed by atoms with van der Waals surface area (Å²) in [6.45, 7) is 0.163. The molecule has 0 fully saturated rings. The second-order valence-electron chi connectivity index (χ2n) is 4.47. The third-order valence-electron chi connectivity index (χ3n) is 2.98. The van der Waals surface area contributed by atoms with E-state index in [1.807, 2.05) is 0 Å². The average molecular weight is 302 g/mol. The summed E-state index contributed by atoms with van der Waals surface area (Å²) in [5.41, 5.74) is 1.25. The summed E-state index contributed by atoms with van der Waals surface area (Å²) in [6, 6.07) is 12.6. The number of ether oxygens (including phenoxy) is 2. The van der Waals surface area contributed by atoms with Gasteiger partial charge in [0.05, 0.1) is 13.4 Å². The predicted octanol–water partition coefficient (Wildman–Crippen LogP) is 3.48. The molecule has 4 nitrogen and oxygen atoms in total. The van der Waals surface area contributed by atoms with E-state index in [9.17, 15) is 14.3 Å². The van der Waals surface area contributed by atoms with Crippen molar-refractivity contribution < 1.29 is 23.8 Å². The van der Waals surface area contributed by atoms with Crippen LogP contribution in [-0.2, 0) is 16.1 Å². The molecule has 0 heterocycles. The monoisotopic (exact) mass is 302 g/mol. The lowest BCUT2D eigenvalue weighted by atomic mass is 10.0. The van der Waals surface area contributed by atoms with Crippen LogP contribution < -0.4 is 4.74 Å². The van der Waals surface area contributed by atoms with Crippen LogP contribution in [0.4, 0.5) is 4.39 Å². The summed E-state index contributed by atoms with van der Waals surface area (Å²) in [7, 11) is 1.39. The van der Waals surface area contributed by atoms with Crippen molar-refractivity contribution >= 4 is 11.5 Å². The molecular weight excluding hydrogens is 287 g/mol. The molecule has 2 aromatic carbocycles. The van der Waals surface area contributed by atoms with Gasteiger partial charge in [-0.15, -0.1) is 0 Å². The summed E-state index contributed by atoms with van der Waals surface area (Å²) in [5.74, 6) is -0.927. The van der Waals surface area contributed by atoms with Crippen molar-refractivity contribution in [1.82, 2.24) is 0 Å². The number of benzene rings is 2. The Hall–Kier alpha value is -2.82. The van der Waals surface area contributed by atoms with Crippen molar-refractivity contribution in [3.05, 3.63) is 71.7 Å². The summed E-state index contributed by atoms with van der Waals surface area (Å²) in [4.78, 5) is 11.3. The standard InChI is InChI=1S/C17H15FO4/c1-21-11-16(17(19)20)15-5-3-2-4-12(15)10-22-14-8-6-13(18)7-9-14/h2-9,11H,10H2,1H3,(H,19,20). The lowest BCUT2D eigenvalue weighted by Gasteiger charge is -2.11. The van der Waals surface area contributed by atoms with Crippen LogP contribution in [0.5, 0.6) is 5.75 Å². The van der Waals surface area contributed by atoms with E-state index in [0.717, 1.165) is 0 Å². The number of aliphatic carboxylic acids is 1. The first kappa shape index (κ1) is 15.6. The van der Waals surface area contributed by atoms with Crippen molar-refractivity contribution in [1.29, 1.82) is 0 Å². The molecule has 0 saturated heterocycles. The van der Waals surface area contributed by atoms with Gasteiger partial charge in [0, 0.05) is 0 Å². The van der Waals surface area contributed by atoms with Crippen LogP contribution in [0.25, 0.3) is 5.57 Å². The van der Waals surface area contributed by atoms with Gasteiger partial charge in [-0.05, 0) is 35.4 Å².